The van der Waals surface area contributed by atoms with Crippen molar-refractivity contribution < 1.29 is 0 Å². The van der Waals surface area contributed by atoms with E-state index in [1.165, 1.54) is 10.8 Å². The topological polar surface area (TPSA) is 24.3 Å². The molecule has 0 radical (unpaired) electrons. The molecule has 0 N–H and O–H groups in total. The summed E-state index contributed by atoms with van der Waals surface area (Å²) < 4.78 is 2.41. The zero-order valence-electron chi connectivity index (χ0n) is 31.2. The predicted molar refractivity (Wildman–Crippen MR) is 239 cm³/mol. The lowest BCUT2D eigenvalue weighted by atomic mass is 10.0. The molecule has 0 aliphatic heterocycles. The van der Waals surface area contributed by atoms with Gasteiger partial charge in [0.05, 0.1) is 11.0 Å². The van der Waals surface area contributed by atoms with E-state index in [1.54, 1.807) is 0 Å². The Kier molecular flexibility index (Phi) is 8.82. The molecule has 2 heterocycles. The SMILES string of the molecule is c1ccc(N(c2ccccc2)c2ccc3c(c2)c2cc(N(c4ccccc4)c4ccccc4)ccc2n3-c2cccc(-c3ccc(-c4cccnc4)cc3)c2)cc1. The number of hydrogen-bond acceptors (Lipinski definition) is 3. The van der Waals surface area contributed by atoms with Gasteiger partial charge in [-0.2, -0.15) is 0 Å². The monoisotopic (exact) mass is 730 g/mol. The molecule has 0 amide bonds. The Morgan fingerprint density at radius 2 is 0.754 bits per heavy atom. The Hall–Kier alpha value is -7.69. The van der Waals surface area contributed by atoms with E-state index >= 15 is 0 Å². The van der Waals surface area contributed by atoms with Gasteiger partial charge < -0.3 is 14.4 Å². The summed E-state index contributed by atoms with van der Waals surface area (Å²) in [5.74, 6) is 0. The standard InChI is InChI=1S/C53H38N4/c1-5-17-43(18-6-1)55(44-19-7-2-8-20-44)48-30-32-52-50(36-48)51-37-49(56(45-21-9-3-10-22-45)46-23-11-4-12-24-46)31-33-53(51)57(52)47-25-13-15-41(35-47)39-26-28-40(29-27-39)42-16-14-34-54-38-42/h1-38H. The van der Waals surface area contributed by atoms with Crippen molar-refractivity contribution in [2.24, 2.45) is 0 Å². The van der Waals surface area contributed by atoms with Crippen molar-refractivity contribution in [2.45, 2.75) is 0 Å². The number of rotatable bonds is 9. The highest BCUT2D eigenvalue weighted by molar-refractivity contribution is 6.12. The second kappa shape index (κ2) is 14.9. The van der Waals surface area contributed by atoms with Crippen LogP contribution in [0, 0.1) is 0 Å². The lowest BCUT2D eigenvalue weighted by Gasteiger charge is -2.26. The molecule has 10 rings (SSSR count). The number of nitrogens with zero attached hydrogens (tertiary/aromatic N) is 4. The minimum atomic E-state index is 1.09. The van der Waals surface area contributed by atoms with E-state index in [0.29, 0.717) is 0 Å². The molecular formula is C53H38N4. The van der Waals surface area contributed by atoms with Gasteiger partial charge in [0.25, 0.3) is 0 Å². The maximum Gasteiger partial charge on any atom is 0.0542 e. The second-order valence-electron chi connectivity index (χ2n) is 14.1. The van der Waals surface area contributed by atoms with E-state index in [4.69, 9.17) is 0 Å². The van der Waals surface area contributed by atoms with Crippen LogP contribution in [0.5, 0.6) is 0 Å². The summed E-state index contributed by atoms with van der Waals surface area (Å²) in [7, 11) is 0. The number of pyridine rings is 1. The minimum absolute atomic E-state index is 1.09. The fourth-order valence-electron chi connectivity index (χ4n) is 7.97. The molecule has 4 nitrogen and oxygen atoms in total. The third-order valence-electron chi connectivity index (χ3n) is 10.6. The third kappa shape index (κ3) is 6.49. The predicted octanol–water partition coefficient (Wildman–Crippen LogP) is 14.5. The number of anilines is 6. The van der Waals surface area contributed by atoms with Crippen molar-refractivity contribution in [3.8, 4) is 27.9 Å². The van der Waals surface area contributed by atoms with Gasteiger partial charge in [-0.05, 0) is 125 Å². The average Bonchev–Trinajstić information content (AvgIpc) is 3.61. The lowest BCUT2D eigenvalue weighted by molar-refractivity contribution is 1.18. The molecule has 270 valence electrons. The van der Waals surface area contributed by atoms with Crippen LogP contribution < -0.4 is 9.80 Å². The Balaban J connectivity index is 1.17. The van der Waals surface area contributed by atoms with Crippen LogP contribution in [0.3, 0.4) is 0 Å². The summed E-state index contributed by atoms with van der Waals surface area (Å²) in [5, 5.41) is 2.35. The van der Waals surface area contributed by atoms with Crippen LogP contribution in [0.2, 0.25) is 0 Å². The van der Waals surface area contributed by atoms with Crippen molar-refractivity contribution in [1.29, 1.82) is 0 Å². The first kappa shape index (κ1) is 33.8. The summed E-state index contributed by atoms with van der Waals surface area (Å²) in [6, 6.07) is 78.0. The molecule has 0 bridgehead atoms. The summed E-state index contributed by atoms with van der Waals surface area (Å²) in [6.07, 6.45) is 3.72. The highest BCUT2D eigenvalue weighted by Crippen LogP contribution is 2.43. The van der Waals surface area contributed by atoms with E-state index < -0.39 is 0 Å². The van der Waals surface area contributed by atoms with E-state index in [0.717, 1.165) is 73.1 Å². The summed E-state index contributed by atoms with van der Waals surface area (Å²) >= 11 is 0. The Labute approximate surface area is 332 Å². The molecule has 0 unspecified atom stereocenters. The van der Waals surface area contributed by atoms with Gasteiger partial charge in [0.2, 0.25) is 0 Å². The van der Waals surface area contributed by atoms with Crippen LogP contribution in [-0.2, 0) is 0 Å². The van der Waals surface area contributed by atoms with Crippen molar-refractivity contribution in [2.75, 3.05) is 9.80 Å². The summed E-state index contributed by atoms with van der Waals surface area (Å²) in [4.78, 5) is 8.99. The van der Waals surface area contributed by atoms with Crippen molar-refractivity contribution in [3.63, 3.8) is 0 Å². The molecule has 0 fully saturated rings. The van der Waals surface area contributed by atoms with E-state index in [9.17, 15) is 0 Å². The third-order valence-corrected chi connectivity index (χ3v) is 10.6. The first-order valence-electron chi connectivity index (χ1n) is 19.3. The minimum Gasteiger partial charge on any atom is -0.310 e. The quantitative estimate of drug-likeness (QED) is 0.148. The van der Waals surface area contributed by atoms with E-state index in [-0.39, 0.29) is 0 Å². The van der Waals surface area contributed by atoms with Crippen LogP contribution in [0.15, 0.2) is 231 Å². The fourth-order valence-corrected chi connectivity index (χ4v) is 7.97. The molecule has 0 spiro atoms. The van der Waals surface area contributed by atoms with Gasteiger partial charge in [-0.1, -0.05) is 115 Å². The Morgan fingerprint density at radius 3 is 1.19 bits per heavy atom. The highest BCUT2D eigenvalue weighted by Gasteiger charge is 2.20. The van der Waals surface area contributed by atoms with Crippen molar-refractivity contribution in [3.05, 3.63) is 231 Å². The van der Waals surface area contributed by atoms with E-state index in [1.807, 2.05) is 18.5 Å². The molecule has 2 aromatic heterocycles. The largest absolute Gasteiger partial charge is 0.310 e. The Bertz CT molecular complexity index is 2710. The van der Waals surface area contributed by atoms with Crippen LogP contribution in [0.1, 0.15) is 0 Å². The molecule has 0 atom stereocenters. The summed E-state index contributed by atoms with van der Waals surface area (Å²) in [5.41, 5.74) is 14.6. The zero-order chi connectivity index (χ0) is 38.0. The molecular weight excluding hydrogens is 693 g/mol. The van der Waals surface area contributed by atoms with Gasteiger partial charge in [0.15, 0.2) is 0 Å². The number of benzene rings is 8. The number of para-hydroxylation sites is 4. The average molecular weight is 731 g/mol. The van der Waals surface area contributed by atoms with Crippen molar-refractivity contribution >= 4 is 55.9 Å². The van der Waals surface area contributed by atoms with Crippen LogP contribution in [0.4, 0.5) is 34.1 Å². The van der Waals surface area contributed by atoms with Gasteiger partial charge in [0, 0.05) is 63.0 Å². The molecule has 0 aliphatic rings. The second-order valence-corrected chi connectivity index (χ2v) is 14.1. The normalized spacial score (nSPS) is 11.2. The van der Waals surface area contributed by atoms with E-state index in [2.05, 4.69) is 232 Å². The fraction of sp³-hybridized carbons (Fsp3) is 0. The molecule has 10 aromatic rings. The van der Waals surface area contributed by atoms with Crippen LogP contribution in [-0.4, -0.2) is 9.55 Å². The van der Waals surface area contributed by atoms with Gasteiger partial charge >= 0.3 is 0 Å². The lowest BCUT2D eigenvalue weighted by Crippen LogP contribution is -2.09. The number of hydrogen-bond donors (Lipinski definition) is 0. The zero-order valence-corrected chi connectivity index (χ0v) is 31.2. The first-order valence-corrected chi connectivity index (χ1v) is 19.3. The van der Waals surface area contributed by atoms with Gasteiger partial charge in [-0.25, -0.2) is 0 Å². The molecule has 4 heteroatoms. The smallest absolute Gasteiger partial charge is 0.0542 e. The first-order chi connectivity index (χ1) is 28.3. The van der Waals surface area contributed by atoms with Crippen LogP contribution >= 0.6 is 0 Å². The highest BCUT2D eigenvalue weighted by atomic mass is 15.1. The van der Waals surface area contributed by atoms with Gasteiger partial charge in [0.1, 0.15) is 0 Å². The summed E-state index contributed by atoms with van der Waals surface area (Å²) in [6.45, 7) is 0. The Morgan fingerprint density at radius 1 is 0.316 bits per heavy atom. The maximum atomic E-state index is 4.31. The van der Waals surface area contributed by atoms with Crippen LogP contribution in [0.25, 0.3) is 49.7 Å². The number of fused-ring (bicyclic) bond motifs is 3. The molecule has 0 saturated heterocycles. The molecule has 8 aromatic carbocycles. The molecule has 0 saturated carbocycles. The maximum absolute atomic E-state index is 4.31. The molecule has 0 aliphatic carbocycles. The molecule has 57 heavy (non-hydrogen) atoms. The van der Waals surface area contributed by atoms with Crippen molar-refractivity contribution in [1.82, 2.24) is 9.55 Å². The number of aromatic nitrogens is 2. The van der Waals surface area contributed by atoms with Gasteiger partial charge in [-0.3, -0.25) is 4.98 Å². The van der Waals surface area contributed by atoms with Gasteiger partial charge in [-0.15, -0.1) is 0 Å².